The number of aryl methyl sites for hydroxylation is 1. The van der Waals surface area contributed by atoms with E-state index in [4.69, 9.17) is 5.73 Å². The maximum Gasteiger partial charge on any atom is 0.148 e. The number of nitrogens with two attached hydrogens (primary N) is 1. The largest absolute Gasteiger partial charge is 0.362 e. The van der Waals surface area contributed by atoms with Crippen LogP contribution in [0.25, 0.3) is 11.0 Å². The summed E-state index contributed by atoms with van der Waals surface area (Å²) in [5.41, 5.74) is 8.64. The number of nitrogens with zero attached hydrogens (tertiary/aromatic N) is 2. The van der Waals surface area contributed by atoms with E-state index in [1.54, 1.807) is 0 Å². The standard InChI is InChI=1S/C13H16N4/c1-9-12(17-13(8-14)6-7-13)16-11-5-3-2-4-10(11)15-9/h2-5H,6-8,14H2,1H3,(H,16,17). The highest BCUT2D eigenvalue weighted by Crippen LogP contribution is 2.38. The first-order valence-electron chi connectivity index (χ1n) is 5.94. The quantitative estimate of drug-likeness (QED) is 0.841. The molecule has 1 saturated carbocycles. The molecular formula is C13H16N4. The zero-order valence-electron chi connectivity index (χ0n) is 9.90. The third kappa shape index (κ3) is 1.85. The van der Waals surface area contributed by atoms with Crippen LogP contribution in [0.2, 0.25) is 0 Å². The van der Waals surface area contributed by atoms with Crippen LogP contribution < -0.4 is 11.1 Å². The van der Waals surface area contributed by atoms with Crippen LogP contribution in [-0.2, 0) is 0 Å². The number of hydrogen-bond donors (Lipinski definition) is 2. The molecule has 0 radical (unpaired) electrons. The Morgan fingerprint density at radius 3 is 2.47 bits per heavy atom. The fraction of sp³-hybridized carbons (Fsp3) is 0.385. The Kier molecular flexibility index (Phi) is 2.26. The van der Waals surface area contributed by atoms with Crippen molar-refractivity contribution in [3.05, 3.63) is 30.0 Å². The van der Waals surface area contributed by atoms with Crippen molar-refractivity contribution in [1.82, 2.24) is 9.97 Å². The van der Waals surface area contributed by atoms with Crippen LogP contribution in [0.3, 0.4) is 0 Å². The summed E-state index contributed by atoms with van der Waals surface area (Å²) in [4.78, 5) is 9.17. The van der Waals surface area contributed by atoms with Crippen molar-refractivity contribution in [1.29, 1.82) is 0 Å². The van der Waals surface area contributed by atoms with Crippen LogP contribution in [0.5, 0.6) is 0 Å². The van der Waals surface area contributed by atoms with Gasteiger partial charge in [0, 0.05) is 6.54 Å². The van der Waals surface area contributed by atoms with Gasteiger partial charge in [0.1, 0.15) is 5.82 Å². The third-order valence-electron chi connectivity index (χ3n) is 3.37. The maximum atomic E-state index is 5.77. The molecular weight excluding hydrogens is 212 g/mol. The lowest BCUT2D eigenvalue weighted by atomic mass is 10.2. The molecule has 2 aromatic rings. The number of fused-ring (bicyclic) bond motifs is 1. The average Bonchev–Trinajstić information content (AvgIpc) is 3.11. The summed E-state index contributed by atoms with van der Waals surface area (Å²) in [5.74, 6) is 0.867. The Balaban J connectivity index is 2.01. The smallest absolute Gasteiger partial charge is 0.148 e. The molecule has 1 heterocycles. The summed E-state index contributed by atoms with van der Waals surface area (Å²) in [7, 11) is 0. The number of hydrogen-bond acceptors (Lipinski definition) is 4. The van der Waals surface area contributed by atoms with Gasteiger partial charge in [-0.3, -0.25) is 0 Å². The number of anilines is 1. The van der Waals surface area contributed by atoms with E-state index in [1.165, 1.54) is 0 Å². The van der Waals surface area contributed by atoms with Gasteiger partial charge < -0.3 is 11.1 Å². The predicted molar refractivity (Wildman–Crippen MR) is 68.9 cm³/mol. The highest BCUT2D eigenvalue weighted by molar-refractivity contribution is 5.76. The minimum atomic E-state index is 0.0713. The van der Waals surface area contributed by atoms with Gasteiger partial charge in [-0.1, -0.05) is 12.1 Å². The normalized spacial score (nSPS) is 17.1. The van der Waals surface area contributed by atoms with Crippen molar-refractivity contribution in [3.63, 3.8) is 0 Å². The van der Waals surface area contributed by atoms with Crippen LogP contribution in [0.1, 0.15) is 18.5 Å². The topological polar surface area (TPSA) is 63.8 Å². The van der Waals surface area contributed by atoms with Crippen molar-refractivity contribution >= 4 is 16.9 Å². The number of nitrogens with one attached hydrogen (secondary N) is 1. The minimum Gasteiger partial charge on any atom is -0.362 e. The SMILES string of the molecule is Cc1nc2ccccc2nc1NC1(CN)CC1. The van der Waals surface area contributed by atoms with E-state index in [0.29, 0.717) is 6.54 Å². The second kappa shape index (κ2) is 3.67. The van der Waals surface area contributed by atoms with Crippen molar-refractivity contribution in [2.75, 3.05) is 11.9 Å². The molecule has 3 N–H and O–H groups in total. The van der Waals surface area contributed by atoms with Gasteiger partial charge in [0.05, 0.1) is 22.3 Å². The second-order valence-electron chi connectivity index (χ2n) is 4.76. The van der Waals surface area contributed by atoms with Crippen LogP contribution in [0.4, 0.5) is 5.82 Å². The van der Waals surface area contributed by atoms with Gasteiger partial charge in [0.2, 0.25) is 0 Å². The molecule has 0 saturated heterocycles. The monoisotopic (exact) mass is 228 g/mol. The summed E-state index contributed by atoms with van der Waals surface area (Å²) in [5, 5.41) is 3.44. The van der Waals surface area contributed by atoms with Crippen LogP contribution >= 0.6 is 0 Å². The fourth-order valence-electron chi connectivity index (χ4n) is 1.99. The molecule has 0 bridgehead atoms. The summed E-state index contributed by atoms with van der Waals surface area (Å²) in [6, 6.07) is 7.92. The molecule has 88 valence electrons. The molecule has 0 atom stereocenters. The van der Waals surface area contributed by atoms with Crippen molar-refractivity contribution < 1.29 is 0 Å². The first kappa shape index (κ1) is 10.5. The second-order valence-corrected chi connectivity index (χ2v) is 4.76. The Hall–Kier alpha value is -1.68. The van der Waals surface area contributed by atoms with E-state index in [2.05, 4.69) is 15.3 Å². The summed E-state index contributed by atoms with van der Waals surface area (Å²) < 4.78 is 0. The zero-order chi connectivity index (χ0) is 11.9. The van der Waals surface area contributed by atoms with E-state index >= 15 is 0 Å². The predicted octanol–water partition coefficient (Wildman–Crippen LogP) is 1.84. The molecule has 0 aliphatic heterocycles. The third-order valence-corrected chi connectivity index (χ3v) is 3.37. The molecule has 1 aromatic carbocycles. The lowest BCUT2D eigenvalue weighted by Crippen LogP contribution is -2.31. The van der Waals surface area contributed by atoms with Crippen molar-refractivity contribution in [2.24, 2.45) is 5.73 Å². The average molecular weight is 228 g/mol. The molecule has 3 rings (SSSR count). The number of benzene rings is 1. The summed E-state index contributed by atoms with van der Waals surface area (Å²) in [6.07, 6.45) is 2.24. The Morgan fingerprint density at radius 2 is 1.88 bits per heavy atom. The van der Waals surface area contributed by atoms with Gasteiger partial charge >= 0.3 is 0 Å². The first-order valence-corrected chi connectivity index (χ1v) is 5.94. The van der Waals surface area contributed by atoms with Gasteiger partial charge in [-0.25, -0.2) is 9.97 Å². The molecule has 1 aliphatic rings. The summed E-state index contributed by atoms with van der Waals surface area (Å²) >= 11 is 0. The van der Waals surface area contributed by atoms with Crippen LogP contribution in [-0.4, -0.2) is 22.1 Å². The van der Waals surface area contributed by atoms with Crippen molar-refractivity contribution in [2.45, 2.75) is 25.3 Å². The minimum absolute atomic E-state index is 0.0713. The molecule has 0 spiro atoms. The zero-order valence-corrected chi connectivity index (χ0v) is 9.90. The molecule has 0 amide bonds. The fourth-order valence-corrected chi connectivity index (χ4v) is 1.99. The number of para-hydroxylation sites is 2. The van der Waals surface area contributed by atoms with E-state index < -0.39 is 0 Å². The number of rotatable bonds is 3. The summed E-state index contributed by atoms with van der Waals surface area (Å²) in [6.45, 7) is 2.63. The molecule has 4 heteroatoms. The van der Waals surface area contributed by atoms with E-state index in [0.717, 1.165) is 35.4 Å². The van der Waals surface area contributed by atoms with Crippen molar-refractivity contribution in [3.8, 4) is 0 Å². The van der Waals surface area contributed by atoms with Gasteiger partial charge in [0.15, 0.2) is 0 Å². The molecule has 1 fully saturated rings. The van der Waals surface area contributed by atoms with E-state index in [9.17, 15) is 0 Å². The Morgan fingerprint density at radius 1 is 1.24 bits per heavy atom. The number of aromatic nitrogens is 2. The molecule has 1 aromatic heterocycles. The molecule has 0 unspecified atom stereocenters. The highest BCUT2D eigenvalue weighted by Gasteiger charge is 2.41. The van der Waals surface area contributed by atoms with Gasteiger partial charge in [0.25, 0.3) is 0 Å². The lowest BCUT2D eigenvalue weighted by Gasteiger charge is -2.17. The van der Waals surface area contributed by atoms with Gasteiger partial charge in [-0.05, 0) is 31.9 Å². The molecule has 1 aliphatic carbocycles. The first-order chi connectivity index (χ1) is 8.22. The van der Waals surface area contributed by atoms with Crippen LogP contribution in [0, 0.1) is 6.92 Å². The van der Waals surface area contributed by atoms with Gasteiger partial charge in [-0.15, -0.1) is 0 Å². The Bertz CT molecular complexity index is 560. The molecule has 4 nitrogen and oxygen atoms in total. The van der Waals surface area contributed by atoms with E-state index in [1.807, 2.05) is 31.2 Å². The van der Waals surface area contributed by atoms with E-state index in [-0.39, 0.29) is 5.54 Å². The Labute approximate surface area is 100 Å². The highest BCUT2D eigenvalue weighted by atomic mass is 15.1. The molecule has 17 heavy (non-hydrogen) atoms. The maximum absolute atomic E-state index is 5.77. The van der Waals surface area contributed by atoms with Crippen LogP contribution in [0.15, 0.2) is 24.3 Å². The van der Waals surface area contributed by atoms with Gasteiger partial charge in [-0.2, -0.15) is 0 Å². The lowest BCUT2D eigenvalue weighted by molar-refractivity contribution is 0.735.